The minimum absolute atomic E-state index is 0.0472. The number of aryl methyl sites for hydroxylation is 1. The van der Waals surface area contributed by atoms with Gasteiger partial charge in [0, 0.05) is 18.4 Å². The Labute approximate surface area is 181 Å². The first-order chi connectivity index (χ1) is 15.1. The van der Waals surface area contributed by atoms with Crippen molar-refractivity contribution in [3.05, 3.63) is 48.2 Å². The molecule has 1 atom stereocenters. The molecule has 2 fully saturated rings. The molecule has 2 saturated heterocycles. The highest BCUT2D eigenvalue weighted by Crippen LogP contribution is 2.42. The van der Waals surface area contributed by atoms with Crippen LogP contribution in [0.25, 0.3) is 0 Å². The Bertz CT molecular complexity index is 925. The lowest BCUT2D eigenvalue weighted by Gasteiger charge is -2.50. The van der Waals surface area contributed by atoms with Crippen molar-refractivity contribution in [2.45, 2.75) is 31.5 Å². The fourth-order valence-electron chi connectivity index (χ4n) is 3.77. The van der Waals surface area contributed by atoms with Crippen molar-refractivity contribution in [2.24, 2.45) is 5.92 Å². The second kappa shape index (κ2) is 9.60. The number of aromatic nitrogens is 1. The zero-order valence-corrected chi connectivity index (χ0v) is 17.3. The molecule has 11 heteroatoms. The van der Waals surface area contributed by atoms with E-state index in [1.165, 1.54) is 0 Å². The summed E-state index contributed by atoms with van der Waals surface area (Å²) < 4.78 is 48.8. The maximum Gasteiger partial charge on any atom is 0.490 e. The van der Waals surface area contributed by atoms with E-state index in [2.05, 4.69) is 4.98 Å². The van der Waals surface area contributed by atoms with E-state index >= 15 is 0 Å². The number of amides is 1. The molecule has 4 heterocycles. The minimum Gasteiger partial charge on any atom is -0.492 e. The van der Waals surface area contributed by atoms with Gasteiger partial charge in [-0.1, -0.05) is 0 Å². The molecule has 2 aromatic heterocycles. The van der Waals surface area contributed by atoms with Crippen LogP contribution in [0.1, 0.15) is 29.0 Å². The fraction of sp³-hybridized carbons (Fsp3) is 0.476. The number of carboxylic acids is 1. The third-order valence-electron chi connectivity index (χ3n) is 5.47. The highest BCUT2D eigenvalue weighted by Gasteiger charge is 2.54. The lowest BCUT2D eigenvalue weighted by Crippen LogP contribution is -2.66. The van der Waals surface area contributed by atoms with Crippen molar-refractivity contribution in [1.29, 1.82) is 0 Å². The molecule has 0 saturated carbocycles. The number of carboxylic acid groups (broad SMARTS) is 1. The van der Waals surface area contributed by atoms with Gasteiger partial charge < -0.3 is 23.9 Å². The predicted octanol–water partition coefficient (Wildman–Crippen LogP) is 3.32. The molecule has 8 nitrogen and oxygen atoms in total. The van der Waals surface area contributed by atoms with Crippen LogP contribution in [-0.2, 0) is 9.53 Å². The number of hydrogen-bond acceptors (Lipinski definition) is 6. The smallest absolute Gasteiger partial charge is 0.490 e. The molecule has 1 N–H and O–H groups in total. The number of likely N-dealkylation sites (tertiary alicyclic amines) is 1. The van der Waals surface area contributed by atoms with Gasteiger partial charge in [0.1, 0.15) is 11.4 Å². The first-order valence-electron chi connectivity index (χ1n) is 9.92. The Hall–Kier alpha value is -3.08. The lowest BCUT2D eigenvalue weighted by atomic mass is 9.79. The molecule has 174 valence electrons. The Kier molecular flexibility index (Phi) is 7.07. The molecule has 0 aliphatic carbocycles. The van der Waals surface area contributed by atoms with Crippen molar-refractivity contribution in [3.63, 3.8) is 0 Å². The van der Waals surface area contributed by atoms with Crippen LogP contribution < -0.4 is 4.74 Å². The zero-order chi connectivity index (χ0) is 23.4. The van der Waals surface area contributed by atoms with E-state index in [9.17, 15) is 18.0 Å². The van der Waals surface area contributed by atoms with Gasteiger partial charge in [-0.05, 0) is 43.9 Å². The molecule has 4 rings (SSSR count). The van der Waals surface area contributed by atoms with Crippen molar-refractivity contribution >= 4 is 11.9 Å². The molecular weight excluding hydrogens is 433 g/mol. The van der Waals surface area contributed by atoms with Crippen LogP contribution in [0, 0.1) is 12.8 Å². The number of carbonyl (C=O) groups excluding carboxylic acids is 1. The lowest BCUT2D eigenvalue weighted by molar-refractivity contribution is -0.192. The summed E-state index contributed by atoms with van der Waals surface area (Å²) in [5.74, 6) is -1.18. The van der Waals surface area contributed by atoms with Gasteiger partial charge >= 0.3 is 12.1 Å². The minimum atomic E-state index is -5.08. The van der Waals surface area contributed by atoms with Crippen molar-refractivity contribution in [1.82, 2.24) is 9.88 Å². The highest BCUT2D eigenvalue weighted by atomic mass is 19.4. The molecule has 1 unspecified atom stereocenters. The summed E-state index contributed by atoms with van der Waals surface area (Å²) in [7, 11) is 0. The summed E-state index contributed by atoms with van der Waals surface area (Å²) in [6, 6.07) is 5.58. The molecular formula is C21H23F3N2O6. The third kappa shape index (κ3) is 5.39. The molecule has 1 amide bonds. The number of carbonyl (C=O) groups is 2. The van der Waals surface area contributed by atoms with Crippen LogP contribution in [0.4, 0.5) is 13.2 Å². The van der Waals surface area contributed by atoms with Crippen molar-refractivity contribution < 1.29 is 41.8 Å². The van der Waals surface area contributed by atoms with Crippen molar-refractivity contribution in [3.8, 4) is 5.75 Å². The first-order valence-corrected chi connectivity index (χ1v) is 9.92. The number of pyridine rings is 1. The number of hydrogen-bond donors (Lipinski definition) is 1. The van der Waals surface area contributed by atoms with Crippen LogP contribution >= 0.6 is 0 Å². The molecule has 0 radical (unpaired) electrons. The van der Waals surface area contributed by atoms with Gasteiger partial charge in [0.2, 0.25) is 0 Å². The predicted molar refractivity (Wildman–Crippen MR) is 104 cm³/mol. The molecule has 2 aromatic rings. The molecule has 1 spiro atoms. The molecule has 0 bridgehead atoms. The van der Waals surface area contributed by atoms with E-state index in [-0.39, 0.29) is 11.5 Å². The number of halogens is 3. The topological polar surface area (TPSA) is 102 Å². The van der Waals surface area contributed by atoms with Gasteiger partial charge in [0.15, 0.2) is 5.76 Å². The standard InChI is InChI=1S/C19H22N2O4.C2HF3O2/c1-14-4-8-24-17(14)18(22)21-12-19(13-21)15(6-10-25-19)5-9-23-16-3-2-7-20-11-16;3-2(4,5)1(6)7/h2-4,7-8,11,15H,5-6,9-10,12-13H2,1H3;(H,6,7). The monoisotopic (exact) mass is 456 g/mol. The van der Waals surface area contributed by atoms with Gasteiger partial charge in [0.05, 0.1) is 32.2 Å². The zero-order valence-electron chi connectivity index (χ0n) is 17.3. The average molecular weight is 456 g/mol. The molecule has 32 heavy (non-hydrogen) atoms. The van der Waals surface area contributed by atoms with Gasteiger partial charge in [-0.3, -0.25) is 9.78 Å². The summed E-state index contributed by atoms with van der Waals surface area (Å²) >= 11 is 0. The first kappa shape index (κ1) is 23.6. The number of ether oxygens (including phenoxy) is 2. The average Bonchev–Trinajstić information content (AvgIpc) is 3.33. The second-order valence-corrected chi connectivity index (χ2v) is 7.62. The number of rotatable bonds is 5. The fourth-order valence-corrected chi connectivity index (χ4v) is 3.77. The maximum atomic E-state index is 12.5. The Morgan fingerprint density at radius 2 is 2.06 bits per heavy atom. The Morgan fingerprint density at radius 3 is 2.62 bits per heavy atom. The maximum absolute atomic E-state index is 12.5. The summed E-state index contributed by atoms with van der Waals surface area (Å²) in [5, 5.41) is 7.12. The SMILES string of the molecule is Cc1ccoc1C(=O)N1CC2(C1)OCCC2CCOc1cccnc1.O=C(O)C(F)(F)F. The van der Waals surface area contributed by atoms with E-state index in [0.29, 0.717) is 31.4 Å². The number of aliphatic carboxylic acids is 1. The van der Waals surface area contributed by atoms with Crippen LogP contribution in [0.5, 0.6) is 5.75 Å². The van der Waals surface area contributed by atoms with Gasteiger partial charge in [-0.15, -0.1) is 0 Å². The summed E-state index contributed by atoms with van der Waals surface area (Å²) in [6.07, 6.45) is 1.85. The number of alkyl halides is 3. The van der Waals surface area contributed by atoms with E-state index < -0.39 is 12.1 Å². The number of nitrogens with zero attached hydrogens (tertiary/aromatic N) is 2. The van der Waals surface area contributed by atoms with Gasteiger partial charge in [-0.2, -0.15) is 13.2 Å². The van der Waals surface area contributed by atoms with E-state index in [1.807, 2.05) is 30.0 Å². The summed E-state index contributed by atoms with van der Waals surface area (Å²) in [4.78, 5) is 27.3. The van der Waals surface area contributed by atoms with Crippen LogP contribution in [-0.4, -0.2) is 64.9 Å². The van der Waals surface area contributed by atoms with Gasteiger partial charge in [-0.25, -0.2) is 4.79 Å². The normalized spacial score (nSPS) is 19.1. The second-order valence-electron chi connectivity index (χ2n) is 7.62. The van der Waals surface area contributed by atoms with Gasteiger partial charge in [0.25, 0.3) is 5.91 Å². The largest absolute Gasteiger partial charge is 0.492 e. The quantitative estimate of drug-likeness (QED) is 0.736. The van der Waals surface area contributed by atoms with E-state index in [0.717, 1.165) is 30.8 Å². The Balaban J connectivity index is 0.000000360. The van der Waals surface area contributed by atoms with E-state index in [1.54, 1.807) is 18.7 Å². The third-order valence-corrected chi connectivity index (χ3v) is 5.47. The Morgan fingerprint density at radius 1 is 1.34 bits per heavy atom. The molecule has 2 aliphatic rings. The van der Waals surface area contributed by atoms with E-state index in [4.69, 9.17) is 23.8 Å². The van der Waals surface area contributed by atoms with Crippen LogP contribution in [0.3, 0.4) is 0 Å². The van der Waals surface area contributed by atoms with Crippen LogP contribution in [0.2, 0.25) is 0 Å². The van der Waals surface area contributed by atoms with Crippen LogP contribution in [0.15, 0.2) is 41.3 Å². The summed E-state index contributed by atoms with van der Waals surface area (Å²) in [5.41, 5.74) is 0.661. The number of furan rings is 1. The highest BCUT2D eigenvalue weighted by molar-refractivity contribution is 5.93. The molecule has 2 aliphatic heterocycles. The van der Waals surface area contributed by atoms with Crippen molar-refractivity contribution in [2.75, 3.05) is 26.3 Å². The molecule has 0 aromatic carbocycles. The summed E-state index contributed by atoms with van der Waals surface area (Å²) in [6.45, 7) is 4.52.